The molecule has 3 rings (SSSR count). The van der Waals surface area contributed by atoms with E-state index in [1.807, 2.05) is 37.3 Å². The SMILES string of the molecule is Cc1ccccc1Cc1noc(-c2cn[nH]c2C#N)n1. The molecule has 0 radical (unpaired) electrons. The van der Waals surface area contributed by atoms with Crippen molar-refractivity contribution >= 4 is 0 Å². The van der Waals surface area contributed by atoms with Gasteiger partial charge in [0.25, 0.3) is 5.89 Å². The van der Waals surface area contributed by atoms with Crippen LogP contribution in [0.25, 0.3) is 11.5 Å². The lowest BCUT2D eigenvalue weighted by Crippen LogP contribution is -1.93. The Balaban J connectivity index is 1.88. The van der Waals surface area contributed by atoms with Gasteiger partial charge < -0.3 is 4.52 Å². The summed E-state index contributed by atoms with van der Waals surface area (Å²) in [6.07, 6.45) is 2.10. The Morgan fingerprint density at radius 1 is 1.35 bits per heavy atom. The van der Waals surface area contributed by atoms with Crippen molar-refractivity contribution in [1.29, 1.82) is 5.26 Å². The second-order valence-electron chi connectivity index (χ2n) is 4.39. The van der Waals surface area contributed by atoms with Crippen LogP contribution in [0.2, 0.25) is 0 Å². The number of nitriles is 1. The molecule has 1 N–H and O–H groups in total. The van der Waals surface area contributed by atoms with Gasteiger partial charge >= 0.3 is 0 Å². The van der Waals surface area contributed by atoms with Crippen LogP contribution < -0.4 is 0 Å². The van der Waals surface area contributed by atoms with Crippen LogP contribution in [0.4, 0.5) is 0 Å². The van der Waals surface area contributed by atoms with Gasteiger partial charge in [0.15, 0.2) is 5.82 Å². The van der Waals surface area contributed by atoms with Gasteiger partial charge in [-0.2, -0.15) is 15.3 Å². The van der Waals surface area contributed by atoms with E-state index in [0.717, 1.165) is 5.56 Å². The molecule has 0 aliphatic carbocycles. The summed E-state index contributed by atoms with van der Waals surface area (Å²) >= 11 is 0. The van der Waals surface area contributed by atoms with E-state index in [2.05, 4.69) is 20.3 Å². The first-order chi connectivity index (χ1) is 9.78. The van der Waals surface area contributed by atoms with Crippen molar-refractivity contribution in [2.24, 2.45) is 0 Å². The van der Waals surface area contributed by atoms with Gasteiger partial charge in [0, 0.05) is 6.42 Å². The van der Waals surface area contributed by atoms with E-state index in [9.17, 15) is 0 Å². The van der Waals surface area contributed by atoms with Crippen LogP contribution in [0.5, 0.6) is 0 Å². The molecule has 0 unspecified atom stereocenters. The Hall–Kier alpha value is -2.94. The minimum Gasteiger partial charge on any atom is -0.334 e. The third-order valence-electron chi connectivity index (χ3n) is 3.06. The van der Waals surface area contributed by atoms with Crippen LogP contribution in [-0.2, 0) is 6.42 Å². The number of rotatable bonds is 3. The predicted molar refractivity (Wildman–Crippen MR) is 70.6 cm³/mol. The molecule has 0 spiro atoms. The lowest BCUT2D eigenvalue weighted by molar-refractivity contribution is 0.424. The molecule has 3 aromatic rings. The number of nitrogens with zero attached hydrogens (tertiary/aromatic N) is 4. The quantitative estimate of drug-likeness (QED) is 0.784. The highest BCUT2D eigenvalue weighted by atomic mass is 16.5. The van der Waals surface area contributed by atoms with Gasteiger partial charge in [0.1, 0.15) is 11.8 Å². The second-order valence-corrected chi connectivity index (χ2v) is 4.39. The summed E-state index contributed by atoms with van der Waals surface area (Å²) in [5.74, 6) is 0.887. The second kappa shape index (κ2) is 4.97. The van der Waals surface area contributed by atoms with Gasteiger partial charge in [-0.15, -0.1) is 0 Å². The van der Waals surface area contributed by atoms with Gasteiger partial charge in [-0.25, -0.2) is 0 Å². The molecule has 0 atom stereocenters. The van der Waals surface area contributed by atoms with Crippen LogP contribution in [0.1, 0.15) is 22.6 Å². The molecule has 0 aliphatic heterocycles. The lowest BCUT2D eigenvalue weighted by Gasteiger charge is -2.00. The largest absolute Gasteiger partial charge is 0.334 e. The van der Waals surface area contributed by atoms with E-state index in [1.54, 1.807) is 0 Å². The Morgan fingerprint density at radius 3 is 3.00 bits per heavy atom. The highest BCUT2D eigenvalue weighted by Crippen LogP contribution is 2.20. The monoisotopic (exact) mass is 265 g/mol. The van der Waals surface area contributed by atoms with Gasteiger partial charge in [-0.05, 0) is 18.1 Å². The fourth-order valence-corrected chi connectivity index (χ4v) is 1.95. The molecule has 2 heterocycles. The summed E-state index contributed by atoms with van der Waals surface area (Å²) in [7, 11) is 0. The molecule has 98 valence electrons. The fourth-order valence-electron chi connectivity index (χ4n) is 1.95. The van der Waals surface area contributed by atoms with Crippen LogP contribution in [0, 0.1) is 18.3 Å². The third-order valence-corrected chi connectivity index (χ3v) is 3.06. The van der Waals surface area contributed by atoms with Gasteiger partial charge in [-0.3, -0.25) is 5.10 Å². The first kappa shape index (κ1) is 12.1. The molecule has 20 heavy (non-hydrogen) atoms. The van der Waals surface area contributed by atoms with Crippen molar-refractivity contribution in [3.05, 3.63) is 53.1 Å². The predicted octanol–water partition coefficient (Wildman–Crippen LogP) is 2.23. The topological polar surface area (TPSA) is 91.4 Å². The number of nitrogens with one attached hydrogen (secondary N) is 1. The van der Waals surface area contributed by atoms with Crippen molar-refractivity contribution in [2.75, 3.05) is 0 Å². The van der Waals surface area contributed by atoms with E-state index in [-0.39, 0.29) is 0 Å². The highest BCUT2D eigenvalue weighted by Gasteiger charge is 2.15. The molecule has 2 aromatic heterocycles. The first-order valence-electron chi connectivity index (χ1n) is 6.09. The van der Waals surface area contributed by atoms with E-state index in [1.165, 1.54) is 11.8 Å². The Kier molecular flexibility index (Phi) is 3.01. The Labute approximate surface area is 115 Å². The summed E-state index contributed by atoms with van der Waals surface area (Å²) in [5.41, 5.74) is 3.17. The van der Waals surface area contributed by atoms with Gasteiger partial charge in [-0.1, -0.05) is 29.4 Å². The fraction of sp³-hybridized carbons (Fsp3) is 0.143. The number of aromatic amines is 1. The average Bonchev–Trinajstić information content (AvgIpc) is 3.09. The maximum Gasteiger partial charge on any atom is 0.262 e. The van der Waals surface area contributed by atoms with E-state index in [0.29, 0.717) is 29.4 Å². The number of H-pyrrole nitrogens is 1. The molecule has 6 heteroatoms. The normalized spacial score (nSPS) is 10.4. The van der Waals surface area contributed by atoms with Gasteiger partial charge in [0.05, 0.1) is 11.8 Å². The Bertz CT molecular complexity index is 781. The molecule has 0 fully saturated rings. The minimum atomic E-state index is 0.305. The van der Waals surface area contributed by atoms with Crippen molar-refractivity contribution in [1.82, 2.24) is 20.3 Å². The molecular weight excluding hydrogens is 254 g/mol. The zero-order valence-electron chi connectivity index (χ0n) is 10.8. The van der Waals surface area contributed by atoms with Crippen LogP contribution in [0.15, 0.2) is 35.0 Å². The molecule has 0 saturated carbocycles. The lowest BCUT2D eigenvalue weighted by atomic mass is 10.1. The van der Waals surface area contributed by atoms with E-state index >= 15 is 0 Å². The minimum absolute atomic E-state index is 0.305. The van der Waals surface area contributed by atoms with Crippen LogP contribution in [0.3, 0.4) is 0 Å². The van der Waals surface area contributed by atoms with Gasteiger partial charge in [0.2, 0.25) is 0 Å². The summed E-state index contributed by atoms with van der Waals surface area (Å²) in [4.78, 5) is 4.31. The maximum absolute atomic E-state index is 8.94. The molecular formula is C14H11N5O. The molecule has 0 saturated heterocycles. The van der Waals surface area contributed by atoms with Crippen molar-refractivity contribution < 1.29 is 4.52 Å². The first-order valence-corrected chi connectivity index (χ1v) is 6.09. The summed E-state index contributed by atoms with van der Waals surface area (Å²) < 4.78 is 5.19. The standard InChI is InChI=1S/C14H11N5O/c1-9-4-2-3-5-10(9)6-13-17-14(20-19-13)11-8-16-18-12(11)7-15/h2-5,8H,6H2,1H3,(H,16,18). The number of aromatic nitrogens is 4. The van der Waals surface area contributed by atoms with Crippen molar-refractivity contribution in [2.45, 2.75) is 13.3 Å². The third kappa shape index (κ3) is 2.17. The zero-order chi connectivity index (χ0) is 13.9. The Morgan fingerprint density at radius 2 is 2.20 bits per heavy atom. The molecule has 1 aromatic carbocycles. The summed E-state index contributed by atoms with van der Waals surface area (Å²) in [6.45, 7) is 2.04. The summed E-state index contributed by atoms with van der Waals surface area (Å²) in [5, 5.41) is 19.3. The van der Waals surface area contributed by atoms with E-state index < -0.39 is 0 Å². The van der Waals surface area contributed by atoms with Crippen molar-refractivity contribution in [3.8, 4) is 17.5 Å². The van der Waals surface area contributed by atoms with Crippen LogP contribution >= 0.6 is 0 Å². The summed E-state index contributed by atoms with van der Waals surface area (Å²) in [6, 6.07) is 10.0. The highest BCUT2D eigenvalue weighted by molar-refractivity contribution is 5.59. The molecule has 0 bridgehead atoms. The molecule has 0 amide bonds. The number of aryl methyl sites for hydroxylation is 1. The average molecular weight is 265 g/mol. The molecule has 6 nitrogen and oxygen atoms in total. The zero-order valence-corrected chi connectivity index (χ0v) is 10.8. The van der Waals surface area contributed by atoms with Crippen LogP contribution in [-0.4, -0.2) is 20.3 Å². The van der Waals surface area contributed by atoms with E-state index in [4.69, 9.17) is 9.78 Å². The number of hydrogen-bond acceptors (Lipinski definition) is 5. The molecule has 0 aliphatic rings. The number of hydrogen-bond donors (Lipinski definition) is 1. The number of benzene rings is 1. The maximum atomic E-state index is 8.94. The smallest absolute Gasteiger partial charge is 0.262 e. The van der Waals surface area contributed by atoms with Crippen molar-refractivity contribution in [3.63, 3.8) is 0 Å².